The van der Waals surface area contributed by atoms with Crippen LogP contribution < -0.4 is 10.1 Å². The number of thiophene rings is 1. The molecule has 0 bridgehead atoms. The van der Waals surface area contributed by atoms with E-state index in [0.29, 0.717) is 18.5 Å². The maximum Gasteiger partial charge on any atom is 0.213 e. The highest BCUT2D eigenvalue weighted by Gasteiger charge is 2.04. The third-order valence-corrected chi connectivity index (χ3v) is 3.81. The molecule has 0 aliphatic heterocycles. The molecule has 0 fully saturated rings. The Hall–Kier alpha value is -1.39. The fraction of sp³-hybridized carbons (Fsp3) is 0.357. The summed E-state index contributed by atoms with van der Waals surface area (Å²) >= 11 is 1.76. The van der Waals surface area contributed by atoms with Crippen LogP contribution in [0.5, 0.6) is 5.88 Å². The van der Waals surface area contributed by atoms with E-state index in [2.05, 4.69) is 34.7 Å². The van der Waals surface area contributed by atoms with Crippen LogP contribution >= 0.6 is 11.3 Å². The number of nitrogens with one attached hydrogen (secondary N) is 1. The molecule has 0 saturated heterocycles. The van der Waals surface area contributed by atoms with Crippen molar-refractivity contribution in [3.63, 3.8) is 0 Å². The molecule has 96 valence electrons. The molecule has 2 aromatic rings. The second-order valence-electron chi connectivity index (χ2n) is 4.12. The van der Waals surface area contributed by atoms with Crippen LogP contribution in [0.15, 0.2) is 35.8 Å². The lowest BCUT2D eigenvalue weighted by Gasteiger charge is -2.11. The molecule has 2 heterocycles. The van der Waals surface area contributed by atoms with Gasteiger partial charge in [-0.15, -0.1) is 11.3 Å². The molecule has 1 unspecified atom stereocenters. The van der Waals surface area contributed by atoms with Gasteiger partial charge in [-0.05, 0) is 37.0 Å². The summed E-state index contributed by atoms with van der Waals surface area (Å²) in [5.74, 6) is 0.700. The van der Waals surface area contributed by atoms with Crippen molar-refractivity contribution in [3.05, 3.63) is 46.3 Å². The van der Waals surface area contributed by atoms with Crippen molar-refractivity contribution in [1.82, 2.24) is 10.3 Å². The Morgan fingerprint density at radius 1 is 1.44 bits per heavy atom. The zero-order chi connectivity index (χ0) is 12.8. The maximum atomic E-state index is 5.68. The largest absolute Gasteiger partial charge is 0.477 e. The Labute approximate surface area is 112 Å². The summed E-state index contributed by atoms with van der Waals surface area (Å²) in [6.45, 7) is 2.79. The van der Waals surface area contributed by atoms with Gasteiger partial charge in [0.15, 0.2) is 0 Å². The Morgan fingerprint density at radius 3 is 3.06 bits per heavy atom. The zero-order valence-corrected chi connectivity index (χ0v) is 11.5. The molecule has 0 aliphatic carbocycles. The second kappa shape index (κ2) is 6.52. The number of rotatable bonds is 6. The van der Waals surface area contributed by atoms with Crippen LogP contribution in [0.25, 0.3) is 0 Å². The third-order valence-electron chi connectivity index (χ3n) is 2.87. The van der Waals surface area contributed by atoms with E-state index in [9.17, 15) is 0 Å². The van der Waals surface area contributed by atoms with Crippen molar-refractivity contribution in [2.75, 3.05) is 13.7 Å². The van der Waals surface area contributed by atoms with Gasteiger partial charge in [-0.3, -0.25) is 0 Å². The molecule has 2 rings (SSSR count). The van der Waals surface area contributed by atoms with Crippen molar-refractivity contribution in [1.29, 1.82) is 0 Å². The van der Waals surface area contributed by atoms with Crippen molar-refractivity contribution >= 4 is 11.3 Å². The predicted molar refractivity (Wildman–Crippen MR) is 75.2 cm³/mol. The highest BCUT2D eigenvalue weighted by atomic mass is 32.1. The molecular weight excluding hydrogens is 244 g/mol. The Morgan fingerprint density at radius 2 is 2.33 bits per heavy atom. The molecular formula is C14H18N2OS. The minimum absolute atomic E-state index is 0.313. The second-order valence-corrected chi connectivity index (χ2v) is 5.15. The fourth-order valence-corrected chi connectivity index (χ4v) is 2.34. The third kappa shape index (κ3) is 3.55. The average Bonchev–Trinajstić information content (AvgIpc) is 2.91. The molecule has 0 aliphatic rings. The number of hydrogen-bond acceptors (Lipinski definition) is 4. The monoisotopic (exact) mass is 262 g/mol. The minimum atomic E-state index is 0.313. The maximum absolute atomic E-state index is 5.68. The van der Waals surface area contributed by atoms with E-state index >= 15 is 0 Å². The first-order valence-electron chi connectivity index (χ1n) is 6.08. The molecule has 18 heavy (non-hydrogen) atoms. The van der Waals surface area contributed by atoms with E-state index in [1.807, 2.05) is 19.2 Å². The lowest BCUT2D eigenvalue weighted by Crippen LogP contribution is -2.12. The van der Waals surface area contributed by atoms with Gasteiger partial charge in [-0.2, -0.15) is 0 Å². The van der Waals surface area contributed by atoms with Gasteiger partial charge in [0, 0.05) is 29.6 Å². The van der Waals surface area contributed by atoms with Crippen LogP contribution in [-0.4, -0.2) is 18.6 Å². The molecule has 3 nitrogen and oxygen atoms in total. The summed E-state index contributed by atoms with van der Waals surface area (Å²) in [4.78, 5) is 5.57. The summed E-state index contributed by atoms with van der Waals surface area (Å²) < 4.78 is 5.68. The quantitative estimate of drug-likeness (QED) is 0.869. The van der Waals surface area contributed by atoms with E-state index in [4.69, 9.17) is 4.74 Å². The van der Waals surface area contributed by atoms with Crippen LogP contribution in [0.3, 0.4) is 0 Å². The average molecular weight is 262 g/mol. The topological polar surface area (TPSA) is 34.2 Å². The fourth-order valence-electron chi connectivity index (χ4n) is 1.65. The van der Waals surface area contributed by atoms with Gasteiger partial charge in [0.1, 0.15) is 0 Å². The van der Waals surface area contributed by atoms with Gasteiger partial charge in [-0.25, -0.2) is 4.98 Å². The van der Waals surface area contributed by atoms with Crippen molar-refractivity contribution in [2.24, 2.45) is 0 Å². The van der Waals surface area contributed by atoms with Crippen LogP contribution in [0.1, 0.15) is 23.4 Å². The summed E-state index contributed by atoms with van der Waals surface area (Å²) in [6, 6.07) is 8.50. The summed E-state index contributed by atoms with van der Waals surface area (Å²) in [6.07, 6.45) is 2.73. The first kappa shape index (κ1) is 13.1. The Balaban J connectivity index is 1.89. The summed E-state index contributed by atoms with van der Waals surface area (Å²) in [5, 5.41) is 5.29. The van der Waals surface area contributed by atoms with Gasteiger partial charge >= 0.3 is 0 Å². The van der Waals surface area contributed by atoms with E-state index < -0.39 is 0 Å². The van der Waals surface area contributed by atoms with Crippen LogP contribution in [0.4, 0.5) is 0 Å². The number of nitrogens with zero attached hydrogens (tertiary/aromatic N) is 1. The van der Waals surface area contributed by atoms with Gasteiger partial charge < -0.3 is 10.1 Å². The first-order valence-corrected chi connectivity index (χ1v) is 6.96. The number of hydrogen-bond donors (Lipinski definition) is 1. The molecule has 0 saturated carbocycles. The number of ether oxygens (including phenoxy) is 1. The summed E-state index contributed by atoms with van der Waals surface area (Å²) in [5.41, 5.74) is 1.19. The van der Waals surface area contributed by atoms with Gasteiger partial charge in [0.25, 0.3) is 0 Å². The van der Waals surface area contributed by atoms with Gasteiger partial charge in [0.2, 0.25) is 5.88 Å². The Bertz CT molecular complexity index is 470. The molecule has 1 N–H and O–H groups in total. The first-order chi connectivity index (χ1) is 8.79. The van der Waals surface area contributed by atoms with Crippen LogP contribution in [0.2, 0.25) is 0 Å². The number of pyridine rings is 1. The number of aromatic nitrogens is 1. The van der Waals surface area contributed by atoms with E-state index in [1.165, 1.54) is 10.4 Å². The highest BCUT2D eigenvalue weighted by molar-refractivity contribution is 7.09. The van der Waals surface area contributed by atoms with Gasteiger partial charge in [0.05, 0.1) is 6.61 Å². The van der Waals surface area contributed by atoms with E-state index in [-0.39, 0.29) is 0 Å². The molecule has 0 amide bonds. The molecule has 0 radical (unpaired) electrons. The lowest BCUT2D eigenvalue weighted by atomic mass is 10.1. The molecule has 2 aromatic heterocycles. The zero-order valence-electron chi connectivity index (χ0n) is 10.7. The predicted octanol–water partition coefficient (Wildman–Crippen LogP) is 3.05. The van der Waals surface area contributed by atoms with Crippen molar-refractivity contribution < 1.29 is 4.74 Å². The smallest absolute Gasteiger partial charge is 0.213 e. The molecule has 1 atom stereocenters. The molecule has 4 heteroatoms. The summed E-state index contributed by atoms with van der Waals surface area (Å²) in [7, 11) is 1.95. The standard InChI is InChI=1S/C14H18N2OS/c1-11(15-2)12-5-7-16-14(10-12)17-8-6-13-4-3-9-18-13/h3-5,7,9-11,15H,6,8H2,1-2H3. The minimum Gasteiger partial charge on any atom is -0.477 e. The molecule has 0 aromatic carbocycles. The van der Waals surface area contributed by atoms with E-state index in [0.717, 1.165) is 6.42 Å². The van der Waals surface area contributed by atoms with Crippen molar-refractivity contribution in [2.45, 2.75) is 19.4 Å². The highest BCUT2D eigenvalue weighted by Crippen LogP contribution is 2.16. The van der Waals surface area contributed by atoms with E-state index in [1.54, 1.807) is 17.5 Å². The van der Waals surface area contributed by atoms with Crippen LogP contribution in [0, 0.1) is 0 Å². The van der Waals surface area contributed by atoms with Crippen molar-refractivity contribution in [3.8, 4) is 5.88 Å². The van der Waals surface area contributed by atoms with Crippen LogP contribution in [-0.2, 0) is 6.42 Å². The van der Waals surface area contributed by atoms with Gasteiger partial charge in [-0.1, -0.05) is 6.07 Å². The lowest BCUT2D eigenvalue weighted by molar-refractivity contribution is 0.310. The normalized spacial score (nSPS) is 12.3. The SMILES string of the molecule is CNC(C)c1ccnc(OCCc2cccs2)c1. The molecule has 0 spiro atoms. The Kier molecular flexibility index (Phi) is 4.73.